The van der Waals surface area contributed by atoms with Gasteiger partial charge in [-0.15, -0.1) is 4.68 Å². The minimum absolute atomic E-state index is 0.206. The first-order valence-electron chi connectivity index (χ1n) is 3.46. The van der Waals surface area contributed by atoms with Crippen LogP contribution in [-0.4, -0.2) is 32.8 Å². The Morgan fingerprint density at radius 3 is 2.86 bits per heavy atom. The molecule has 1 aromatic heterocycles. The zero-order chi connectivity index (χ0) is 10.7. The van der Waals surface area contributed by atoms with Crippen molar-refractivity contribution in [1.82, 2.24) is 14.8 Å². The van der Waals surface area contributed by atoms with E-state index in [4.69, 9.17) is 5.73 Å². The fourth-order valence-corrected chi connectivity index (χ4v) is 0.722. The van der Waals surface area contributed by atoms with Crippen LogP contribution in [-0.2, 0) is 16.1 Å². The van der Waals surface area contributed by atoms with E-state index in [9.17, 15) is 14.9 Å². The number of nitrogens with two attached hydrogens (primary N) is 1. The third kappa shape index (κ3) is 1.94. The van der Waals surface area contributed by atoms with Gasteiger partial charge >= 0.3 is 17.9 Å². The molecular formula is C5H7N5O4. The van der Waals surface area contributed by atoms with Crippen LogP contribution in [0.25, 0.3) is 0 Å². The number of aromatic nitrogens is 3. The van der Waals surface area contributed by atoms with Crippen molar-refractivity contribution in [3.63, 3.8) is 0 Å². The zero-order valence-corrected chi connectivity index (χ0v) is 7.21. The third-order valence-electron chi connectivity index (χ3n) is 1.36. The number of carbonyl (C=O) groups excluding carboxylic acids is 1. The first-order valence-corrected chi connectivity index (χ1v) is 3.46. The van der Waals surface area contributed by atoms with Crippen LogP contribution < -0.4 is 5.73 Å². The second-order valence-electron chi connectivity index (χ2n) is 2.26. The molecular weight excluding hydrogens is 194 g/mol. The Morgan fingerprint density at radius 2 is 2.43 bits per heavy atom. The van der Waals surface area contributed by atoms with Crippen molar-refractivity contribution in [1.29, 1.82) is 0 Å². The maximum atomic E-state index is 10.8. The molecule has 0 radical (unpaired) electrons. The summed E-state index contributed by atoms with van der Waals surface area (Å²) in [7, 11) is 1.18. The molecule has 0 bridgehead atoms. The molecule has 76 valence electrons. The van der Waals surface area contributed by atoms with Gasteiger partial charge in [0.25, 0.3) is 0 Å². The van der Waals surface area contributed by atoms with Gasteiger partial charge in [0.05, 0.1) is 7.11 Å². The van der Waals surface area contributed by atoms with Gasteiger partial charge in [-0.3, -0.25) is 4.79 Å². The Bertz CT molecular complexity index is 372. The summed E-state index contributed by atoms with van der Waals surface area (Å²) in [5.41, 5.74) is 5.26. The molecule has 0 aliphatic rings. The fourth-order valence-electron chi connectivity index (χ4n) is 0.722. The maximum absolute atomic E-state index is 10.8. The number of hydrogen-bond acceptors (Lipinski definition) is 7. The lowest BCUT2D eigenvalue weighted by atomic mass is 10.6. The van der Waals surface area contributed by atoms with E-state index in [2.05, 4.69) is 14.8 Å². The molecule has 0 saturated carbocycles. The summed E-state index contributed by atoms with van der Waals surface area (Å²) in [6.45, 7) is -0.302. The maximum Gasteiger partial charge on any atom is 0.493 e. The molecule has 0 fully saturated rings. The molecule has 0 aliphatic carbocycles. The minimum atomic E-state index is -0.801. The monoisotopic (exact) mass is 201 g/mol. The van der Waals surface area contributed by atoms with Crippen molar-refractivity contribution in [2.45, 2.75) is 6.54 Å². The predicted molar refractivity (Wildman–Crippen MR) is 43.1 cm³/mol. The van der Waals surface area contributed by atoms with Crippen molar-refractivity contribution in [3.05, 3.63) is 10.1 Å². The molecule has 0 atom stereocenters. The van der Waals surface area contributed by atoms with Crippen LogP contribution in [0.3, 0.4) is 0 Å². The average Bonchev–Trinajstić information content (AvgIpc) is 2.48. The number of carbonyl (C=O) groups is 1. The van der Waals surface area contributed by atoms with Gasteiger partial charge < -0.3 is 20.6 Å². The predicted octanol–water partition coefficient (Wildman–Crippen LogP) is -1.06. The molecule has 1 heterocycles. The number of ether oxygens (including phenoxy) is 1. The Morgan fingerprint density at radius 1 is 1.79 bits per heavy atom. The molecule has 1 rings (SSSR count). The van der Waals surface area contributed by atoms with E-state index in [0.717, 1.165) is 4.68 Å². The molecule has 1 aromatic rings. The average molecular weight is 201 g/mol. The van der Waals surface area contributed by atoms with Crippen LogP contribution in [0.2, 0.25) is 0 Å². The molecule has 0 amide bonds. The van der Waals surface area contributed by atoms with Gasteiger partial charge in [-0.05, 0) is 9.91 Å². The lowest BCUT2D eigenvalue weighted by Crippen LogP contribution is -2.14. The molecule has 2 N–H and O–H groups in total. The van der Waals surface area contributed by atoms with E-state index in [-0.39, 0.29) is 12.5 Å². The zero-order valence-electron chi connectivity index (χ0n) is 7.21. The number of nitro groups is 1. The number of nitrogens with zero attached hydrogens (tertiary/aromatic N) is 4. The van der Waals surface area contributed by atoms with Crippen molar-refractivity contribution in [2.24, 2.45) is 0 Å². The molecule has 0 spiro atoms. The number of anilines is 1. The second kappa shape index (κ2) is 3.68. The van der Waals surface area contributed by atoms with Gasteiger partial charge in [0, 0.05) is 5.10 Å². The Balaban J connectivity index is 2.88. The summed E-state index contributed by atoms with van der Waals surface area (Å²) >= 11 is 0. The normalized spacial score (nSPS) is 9.79. The van der Waals surface area contributed by atoms with Gasteiger partial charge in [0.2, 0.25) is 0 Å². The van der Waals surface area contributed by atoms with Crippen LogP contribution in [0.4, 0.5) is 11.9 Å². The summed E-state index contributed by atoms with van der Waals surface area (Å²) in [6, 6.07) is 0. The summed E-state index contributed by atoms with van der Waals surface area (Å²) < 4.78 is 5.22. The van der Waals surface area contributed by atoms with Crippen molar-refractivity contribution < 1.29 is 14.5 Å². The van der Waals surface area contributed by atoms with Crippen LogP contribution in [0.5, 0.6) is 0 Å². The van der Waals surface area contributed by atoms with Gasteiger partial charge in [-0.1, -0.05) is 0 Å². The van der Waals surface area contributed by atoms with Crippen molar-refractivity contribution >= 4 is 17.9 Å². The highest BCUT2D eigenvalue weighted by molar-refractivity contribution is 5.69. The summed E-state index contributed by atoms with van der Waals surface area (Å²) in [5, 5.41) is 13.6. The SMILES string of the molecule is COC(=O)Cn1nc([N+](=O)[O-])nc1N. The first kappa shape index (κ1) is 9.89. The van der Waals surface area contributed by atoms with Crippen LogP contribution in [0.15, 0.2) is 0 Å². The molecule has 9 nitrogen and oxygen atoms in total. The number of nitrogen functional groups attached to an aromatic ring is 1. The first-order chi connectivity index (χ1) is 6.54. The quantitative estimate of drug-likeness (QED) is 0.375. The highest BCUT2D eigenvalue weighted by Crippen LogP contribution is 2.06. The number of hydrogen-bond donors (Lipinski definition) is 1. The molecule has 14 heavy (non-hydrogen) atoms. The number of esters is 1. The van der Waals surface area contributed by atoms with E-state index < -0.39 is 16.8 Å². The Kier molecular flexibility index (Phi) is 2.60. The fraction of sp³-hybridized carbons (Fsp3) is 0.400. The highest BCUT2D eigenvalue weighted by atomic mass is 16.6. The minimum Gasteiger partial charge on any atom is -0.468 e. The topological polar surface area (TPSA) is 126 Å². The molecule has 0 aromatic carbocycles. The number of rotatable bonds is 3. The summed E-state index contributed by atoms with van der Waals surface area (Å²) in [6.07, 6.45) is 0. The van der Waals surface area contributed by atoms with E-state index in [1.165, 1.54) is 7.11 Å². The molecule has 9 heteroatoms. The van der Waals surface area contributed by atoms with E-state index in [1.54, 1.807) is 0 Å². The second-order valence-corrected chi connectivity index (χ2v) is 2.26. The van der Waals surface area contributed by atoms with Gasteiger partial charge in [-0.2, -0.15) is 0 Å². The highest BCUT2D eigenvalue weighted by Gasteiger charge is 2.20. The standard InChI is InChI=1S/C5H7N5O4/c1-14-3(11)2-9-4(6)7-5(8-9)10(12)13/h2H2,1H3,(H2,6,7,8). The van der Waals surface area contributed by atoms with E-state index >= 15 is 0 Å². The largest absolute Gasteiger partial charge is 0.493 e. The molecule has 0 aliphatic heterocycles. The number of methoxy groups -OCH3 is 1. The van der Waals surface area contributed by atoms with E-state index in [1.807, 2.05) is 0 Å². The van der Waals surface area contributed by atoms with Gasteiger partial charge in [0.15, 0.2) is 6.54 Å². The van der Waals surface area contributed by atoms with Gasteiger partial charge in [0.1, 0.15) is 0 Å². The smallest absolute Gasteiger partial charge is 0.468 e. The summed E-state index contributed by atoms with van der Waals surface area (Å²) in [5.74, 6) is -1.47. The van der Waals surface area contributed by atoms with Gasteiger partial charge in [-0.25, -0.2) is 0 Å². The summed E-state index contributed by atoms with van der Waals surface area (Å²) in [4.78, 5) is 23.5. The molecule has 0 saturated heterocycles. The lowest BCUT2D eigenvalue weighted by molar-refractivity contribution is -0.394. The third-order valence-corrected chi connectivity index (χ3v) is 1.36. The van der Waals surface area contributed by atoms with Crippen molar-refractivity contribution in [2.75, 3.05) is 12.8 Å². The van der Waals surface area contributed by atoms with Crippen molar-refractivity contribution in [3.8, 4) is 0 Å². The Labute approximate surface area is 77.6 Å². The van der Waals surface area contributed by atoms with E-state index in [0.29, 0.717) is 0 Å². The van der Waals surface area contributed by atoms with Crippen LogP contribution in [0.1, 0.15) is 0 Å². The van der Waals surface area contributed by atoms with Crippen LogP contribution in [0, 0.1) is 10.1 Å². The lowest BCUT2D eigenvalue weighted by Gasteiger charge is -1.95. The van der Waals surface area contributed by atoms with Crippen LogP contribution >= 0.6 is 0 Å². The Hall–Kier alpha value is -2.19. The molecule has 0 unspecified atom stereocenters.